The highest BCUT2D eigenvalue weighted by molar-refractivity contribution is 7.79. The number of ether oxygens (including phenoxy) is 1. The number of amides is 1. The van der Waals surface area contributed by atoms with Gasteiger partial charge in [0.15, 0.2) is 0 Å². The summed E-state index contributed by atoms with van der Waals surface area (Å²) >= 11 is 0. The molecule has 1 atom stereocenters. The predicted octanol–water partition coefficient (Wildman–Crippen LogP) is 2.67. The van der Waals surface area contributed by atoms with Gasteiger partial charge in [0.2, 0.25) is 5.91 Å². The third-order valence-corrected chi connectivity index (χ3v) is 6.97. The van der Waals surface area contributed by atoms with Gasteiger partial charge in [-0.25, -0.2) is 4.79 Å². The molecular weight excluding hydrogens is 381 g/mol. The van der Waals surface area contributed by atoms with Crippen LogP contribution in [0.4, 0.5) is 0 Å². The fourth-order valence-corrected chi connectivity index (χ4v) is 5.48. The second-order valence-electron chi connectivity index (χ2n) is 6.65. The molecule has 0 radical (unpaired) electrons. The molecule has 0 unspecified atom stereocenters. The monoisotopic (exact) mass is 405 g/mol. The molecular formula is C24H24NO3P. The summed E-state index contributed by atoms with van der Waals surface area (Å²) in [6.45, 7) is 1.39. The van der Waals surface area contributed by atoms with E-state index in [0.29, 0.717) is 6.42 Å². The van der Waals surface area contributed by atoms with Crippen molar-refractivity contribution in [1.29, 1.82) is 0 Å². The van der Waals surface area contributed by atoms with Crippen LogP contribution in [-0.2, 0) is 20.7 Å². The van der Waals surface area contributed by atoms with Gasteiger partial charge in [0.1, 0.15) is 6.04 Å². The Morgan fingerprint density at radius 3 is 1.76 bits per heavy atom. The average molecular weight is 405 g/mol. The van der Waals surface area contributed by atoms with Gasteiger partial charge in [0.05, 0.1) is 7.11 Å². The van der Waals surface area contributed by atoms with E-state index in [9.17, 15) is 9.59 Å². The van der Waals surface area contributed by atoms with Gasteiger partial charge in [-0.3, -0.25) is 4.79 Å². The van der Waals surface area contributed by atoms with Crippen molar-refractivity contribution < 1.29 is 14.3 Å². The summed E-state index contributed by atoms with van der Waals surface area (Å²) in [5.74, 6) is -0.700. The van der Waals surface area contributed by atoms with Crippen molar-refractivity contribution in [2.24, 2.45) is 0 Å². The van der Waals surface area contributed by atoms with E-state index < -0.39 is 19.9 Å². The largest absolute Gasteiger partial charge is 0.467 e. The molecule has 29 heavy (non-hydrogen) atoms. The lowest BCUT2D eigenvalue weighted by atomic mass is 10.1. The second kappa shape index (κ2) is 9.99. The molecule has 3 rings (SSSR count). The fourth-order valence-electron chi connectivity index (χ4n) is 3.20. The molecule has 0 aliphatic heterocycles. The molecule has 0 heterocycles. The minimum absolute atomic E-state index is 0.256. The van der Waals surface area contributed by atoms with Crippen molar-refractivity contribution in [2.45, 2.75) is 19.4 Å². The molecule has 1 N–H and O–H groups in total. The smallest absolute Gasteiger partial charge is 0.328 e. The molecule has 0 aromatic heterocycles. The van der Waals surface area contributed by atoms with Crippen LogP contribution >= 0.6 is 7.92 Å². The summed E-state index contributed by atoms with van der Waals surface area (Å²) in [7, 11) is 0.657. The molecule has 0 bridgehead atoms. The van der Waals surface area contributed by atoms with Crippen LogP contribution in [0.15, 0.2) is 84.9 Å². The van der Waals surface area contributed by atoms with E-state index in [1.165, 1.54) is 29.9 Å². The topological polar surface area (TPSA) is 55.4 Å². The van der Waals surface area contributed by atoms with Crippen LogP contribution in [0.2, 0.25) is 0 Å². The van der Waals surface area contributed by atoms with E-state index >= 15 is 0 Å². The summed E-state index contributed by atoms with van der Waals surface area (Å²) in [4.78, 5) is 23.4. The van der Waals surface area contributed by atoms with Gasteiger partial charge in [-0.1, -0.05) is 84.9 Å². The van der Waals surface area contributed by atoms with Crippen molar-refractivity contribution in [3.63, 3.8) is 0 Å². The van der Waals surface area contributed by atoms with Gasteiger partial charge in [-0.15, -0.1) is 0 Å². The van der Waals surface area contributed by atoms with Crippen LogP contribution < -0.4 is 21.2 Å². The summed E-state index contributed by atoms with van der Waals surface area (Å²) in [5.41, 5.74) is 0.967. The Balaban J connectivity index is 1.88. The van der Waals surface area contributed by atoms with Crippen LogP contribution in [0.1, 0.15) is 12.5 Å². The molecule has 5 heteroatoms. The van der Waals surface area contributed by atoms with Crippen LogP contribution in [0, 0.1) is 0 Å². The van der Waals surface area contributed by atoms with E-state index in [1.807, 2.05) is 24.3 Å². The normalized spacial score (nSPS) is 11.7. The molecule has 0 fully saturated rings. The van der Waals surface area contributed by atoms with Crippen molar-refractivity contribution in [1.82, 2.24) is 5.32 Å². The van der Waals surface area contributed by atoms with Crippen molar-refractivity contribution in [2.75, 3.05) is 7.11 Å². The average Bonchev–Trinajstić information content (AvgIpc) is 2.75. The lowest BCUT2D eigenvalue weighted by Gasteiger charge is -2.20. The van der Waals surface area contributed by atoms with Crippen molar-refractivity contribution in [3.05, 3.63) is 90.5 Å². The Hall–Kier alpha value is -2.97. The Labute approximate surface area is 172 Å². The summed E-state index contributed by atoms with van der Waals surface area (Å²) in [5, 5.41) is 6.46. The maximum atomic E-state index is 12.0. The predicted molar refractivity (Wildman–Crippen MR) is 118 cm³/mol. The summed E-state index contributed by atoms with van der Waals surface area (Å²) in [6, 6.07) is 28.6. The first-order valence-electron chi connectivity index (χ1n) is 9.42. The number of esters is 1. The van der Waals surface area contributed by atoms with Crippen molar-refractivity contribution in [3.8, 4) is 0 Å². The Morgan fingerprint density at radius 2 is 1.31 bits per heavy atom. The van der Waals surface area contributed by atoms with Crippen molar-refractivity contribution >= 4 is 35.7 Å². The second-order valence-corrected chi connectivity index (χ2v) is 8.87. The first-order chi connectivity index (χ1) is 14.1. The number of hydrogen-bond acceptors (Lipinski definition) is 3. The Morgan fingerprint density at radius 1 is 0.828 bits per heavy atom. The molecule has 0 spiro atoms. The zero-order valence-corrected chi connectivity index (χ0v) is 17.4. The van der Waals surface area contributed by atoms with E-state index in [4.69, 9.17) is 4.74 Å². The number of methoxy groups -OCH3 is 1. The first kappa shape index (κ1) is 20.8. The Kier molecular flexibility index (Phi) is 7.15. The molecule has 0 saturated heterocycles. The summed E-state index contributed by atoms with van der Waals surface area (Å²) < 4.78 is 4.81. The number of carbonyl (C=O) groups is 2. The maximum Gasteiger partial charge on any atom is 0.328 e. The number of hydrogen-bond donors (Lipinski definition) is 1. The zero-order valence-electron chi connectivity index (χ0n) is 16.5. The van der Waals surface area contributed by atoms with Crippen LogP contribution in [0.25, 0.3) is 0 Å². The van der Waals surface area contributed by atoms with Gasteiger partial charge in [-0.2, -0.15) is 0 Å². The Bertz CT molecular complexity index is 903. The molecule has 3 aromatic carbocycles. The fraction of sp³-hybridized carbons (Fsp3) is 0.167. The van der Waals surface area contributed by atoms with E-state index in [-0.39, 0.29) is 5.91 Å². The van der Waals surface area contributed by atoms with Crippen LogP contribution in [-0.4, -0.2) is 25.0 Å². The zero-order chi connectivity index (χ0) is 20.6. The maximum absolute atomic E-state index is 12.0. The summed E-state index contributed by atoms with van der Waals surface area (Å²) in [6.07, 6.45) is 0.390. The molecule has 148 valence electrons. The highest BCUT2D eigenvalue weighted by Crippen LogP contribution is 2.32. The number of nitrogens with one attached hydrogen (secondary N) is 1. The first-order valence-corrected chi connectivity index (χ1v) is 10.8. The van der Waals surface area contributed by atoms with E-state index in [0.717, 1.165) is 5.56 Å². The standard InChI is InChI=1S/C24H24NO3P/c1-18(26)25-23(24(27)28-2)17-19-13-15-22(16-14-19)29(20-9-5-3-6-10-20)21-11-7-4-8-12-21/h3-16,23H,17H2,1-2H3,(H,25,26)/t23-/m1/s1. The third kappa shape index (κ3) is 5.52. The van der Waals surface area contributed by atoms with Gasteiger partial charge in [-0.05, 0) is 29.4 Å². The minimum atomic E-state index is -0.687. The SMILES string of the molecule is COC(=O)[C@@H](Cc1ccc(P(c2ccccc2)c2ccccc2)cc1)NC(C)=O. The quantitative estimate of drug-likeness (QED) is 0.486. The molecule has 3 aromatic rings. The molecule has 1 amide bonds. The van der Waals surface area contributed by atoms with Gasteiger partial charge in [0, 0.05) is 13.3 Å². The number of carbonyl (C=O) groups excluding carboxylic acids is 2. The highest BCUT2D eigenvalue weighted by Gasteiger charge is 2.21. The third-order valence-electron chi connectivity index (χ3n) is 4.53. The van der Waals surface area contributed by atoms with Crippen LogP contribution in [0.5, 0.6) is 0 Å². The molecule has 0 saturated carbocycles. The van der Waals surface area contributed by atoms with Gasteiger partial charge >= 0.3 is 5.97 Å². The number of benzene rings is 3. The van der Waals surface area contributed by atoms with E-state index in [1.54, 1.807) is 0 Å². The molecule has 4 nitrogen and oxygen atoms in total. The lowest BCUT2D eigenvalue weighted by molar-refractivity contribution is -0.144. The number of rotatable bonds is 7. The lowest BCUT2D eigenvalue weighted by Crippen LogP contribution is -2.42. The van der Waals surface area contributed by atoms with E-state index in [2.05, 4.69) is 66.0 Å². The van der Waals surface area contributed by atoms with Gasteiger partial charge in [0.25, 0.3) is 0 Å². The van der Waals surface area contributed by atoms with Gasteiger partial charge < -0.3 is 10.1 Å². The minimum Gasteiger partial charge on any atom is -0.467 e. The van der Waals surface area contributed by atoms with Crippen LogP contribution in [0.3, 0.4) is 0 Å². The molecule has 0 aliphatic carbocycles. The molecule has 0 aliphatic rings. The highest BCUT2D eigenvalue weighted by atomic mass is 31.1.